The highest BCUT2D eigenvalue weighted by Gasteiger charge is 2.22. The van der Waals surface area contributed by atoms with Gasteiger partial charge in [-0.3, -0.25) is 9.59 Å². The lowest BCUT2D eigenvalue weighted by molar-refractivity contribution is -0.131. The minimum atomic E-state index is -0.0361. The van der Waals surface area contributed by atoms with Crippen molar-refractivity contribution in [1.29, 1.82) is 0 Å². The van der Waals surface area contributed by atoms with E-state index >= 15 is 0 Å². The Balaban J connectivity index is 1.55. The monoisotopic (exact) mass is 365 g/mol. The van der Waals surface area contributed by atoms with Crippen LogP contribution in [0.25, 0.3) is 0 Å². The normalized spacial score (nSPS) is 14.1. The van der Waals surface area contributed by atoms with Crippen molar-refractivity contribution in [3.05, 3.63) is 60.2 Å². The van der Waals surface area contributed by atoms with Gasteiger partial charge < -0.3 is 14.7 Å². The zero-order valence-electron chi connectivity index (χ0n) is 16.1. The summed E-state index contributed by atoms with van der Waals surface area (Å²) in [7, 11) is 0. The second kappa shape index (κ2) is 8.71. The van der Waals surface area contributed by atoms with E-state index < -0.39 is 0 Å². The first-order valence-corrected chi connectivity index (χ1v) is 9.48. The van der Waals surface area contributed by atoms with Crippen LogP contribution >= 0.6 is 0 Å². The van der Waals surface area contributed by atoms with E-state index in [4.69, 9.17) is 0 Å². The molecule has 0 spiro atoms. The second-order valence-corrected chi connectivity index (χ2v) is 6.91. The number of aryl methyl sites for hydroxylation is 1. The van der Waals surface area contributed by atoms with Gasteiger partial charge in [-0.15, -0.1) is 0 Å². The van der Waals surface area contributed by atoms with E-state index in [2.05, 4.69) is 17.0 Å². The highest BCUT2D eigenvalue weighted by atomic mass is 16.2. The van der Waals surface area contributed by atoms with Crippen molar-refractivity contribution in [1.82, 2.24) is 4.90 Å². The first kappa shape index (κ1) is 19.0. The molecular formula is C22H27N3O2. The summed E-state index contributed by atoms with van der Waals surface area (Å²) in [5.74, 6) is 0.0774. The molecule has 5 nitrogen and oxygen atoms in total. The van der Waals surface area contributed by atoms with Crippen LogP contribution in [0.3, 0.4) is 0 Å². The van der Waals surface area contributed by atoms with Crippen LogP contribution in [0.1, 0.15) is 18.9 Å². The minimum absolute atomic E-state index is 0.0361. The predicted molar refractivity (Wildman–Crippen MR) is 109 cm³/mol. The van der Waals surface area contributed by atoms with E-state index in [0.29, 0.717) is 13.0 Å². The molecule has 2 amide bonds. The smallest absolute Gasteiger partial charge is 0.224 e. The van der Waals surface area contributed by atoms with Crippen LogP contribution in [0, 0.1) is 6.92 Å². The van der Waals surface area contributed by atoms with Gasteiger partial charge in [-0.2, -0.15) is 0 Å². The molecule has 2 aromatic carbocycles. The van der Waals surface area contributed by atoms with Crippen molar-refractivity contribution in [3.63, 3.8) is 0 Å². The summed E-state index contributed by atoms with van der Waals surface area (Å²) in [6, 6.07) is 18.1. The number of para-hydroxylation sites is 2. The van der Waals surface area contributed by atoms with Crippen molar-refractivity contribution < 1.29 is 9.59 Å². The molecule has 2 aromatic rings. The highest BCUT2D eigenvalue weighted by Crippen LogP contribution is 2.20. The molecule has 0 radical (unpaired) electrons. The highest BCUT2D eigenvalue weighted by molar-refractivity contribution is 5.93. The van der Waals surface area contributed by atoms with Gasteiger partial charge in [0.1, 0.15) is 0 Å². The van der Waals surface area contributed by atoms with Crippen LogP contribution in [0.2, 0.25) is 0 Å². The van der Waals surface area contributed by atoms with Crippen LogP contribution in [-0.4, -0.2) is 49.4 Å². The molecule has 1 saturated heterocycles. The molecule has 5 heteroatoms. The van der Waals surface area contributed by atoms with Crippen LogP contribution in [0.5, 0.6) is 0 Å². The average Bonchev–Trinajstić information content (AvgIpc) is 2.70. The molecule has 0 bridgehead atoms. The summed E-state index contributed by atoms with van der Waals surface area (Å²) < 4.78 is 0. The number of nitrogens with zero attached hydrogens (tertiary/aromatic N) is 3. The van der Waals surface area contributed by atoms with Crippen LogP contribution in [0.4, 0.5) is 11.4 Å². The third kappa shape index (κ3) is 4.67. The fraction of sp³-hybridized carbons (Fsp3) is 0.364. The Labute approximate surface area is 161 Å². The molecule has 1 aliphatic rings. The maximum absolute atomic E-state index is 12.7. The van der Waals surface area contributed by atoms with Gasteiger partial charge in [-0.25, -0.2) is 0 Å². The Kier molecular flexibility index (Phi) is 6.12. The number of rotatable bonds is 5. The maximum atomic E-state index is 12.7. The number of hydrogen-bond donors (Lipinski definition) is 0. The van der Waals surface area contributed by atoms with Gasteiger partial charge in [0.25, 0.3) is 0 Å². The summed E-state index contributed by atoms with van der Waals surface area (Å²) in [5.41, 5.74) is 3.12. The molecule has 1 aliphatic heterocycles. The van der Waals surface area contributed by atoms with Gasteiger partial charge in [-0.05, 0) is 30.7 Å². The van der Waals surface area contributed by atoms with Crippen LogP contribution in [0.15, 0.2) is 54.6 Å². The first-order chi connectivity index (χ1) is 13.1. The van der Waals surface area contributed by atoms with Gasteiger partial charge in [-0.1, -0.05) is 36.4 Å². The second-order valence-electron chi connectivity index (χ2n) is 6.91. The van der Waals surface area contributed by atoms with E-state index in [-0.39, 0.29) is 11.8 Å². The van der Waals surface area contributed by atoms with Crippen molar-refractivity contribution in [3.8, 4) is 0 Å². The molecule has 0 atom stereocenters. The van der Waals surface area contributed by atoms with Crippen molar-refractivity contribution in [2.24, 2.45) is 0 Å². The lowest BCUT2D eigenvalue weighted by Crippen LogP contribution is -2.49. The van der Waals surface area contributed by atoms with Crippen molar-refractivity contribution in [2.45, 2.75) is 20.3 Å². The fourth-order valence-electron chi connectivity index (χ4n) is 3.53. The van der Waals surface area contributed by atoms with Crippen molar-refractivity contribution in [2.75, 3.05) is 42.5 Å². The van der Waals surface area contributed by atoms with Crippen LogP contribution in [-0.2, 0) is 9.59 Å². The summed E-state index contributed by atoms with van der Waals surface area (Å²) >= 11 is 0. The largest absolute Gasteiger partial charge is 0.368 e. The Morgan fingerprint density at radius 1 is 0.926 bits per heavy atom. The molecule has 0 unspecified atom stereocenters. The molecule has 0 N–H and O–H groups in total. The quantitative estimate of drug-likeness (QED) is 0.818. The van der Waals surface area contributed by atoms with Gasteiger partial charge in [0.2, 0.25) is 11.8 Å². The molecular weight excluding hydrogens is 338 g/mol. The molecule has 0 aliphatic carbocycles. The minimum Gasteiger partial charge on any atom is -0.368 e. The Morgan fingerprint density at radius 2 is 1.56 bits per heavy atom. The fourth-order valence-corrected chi connectivity index (χ4v) is 3.53. The standard InChI is InChI=1S/C22H27N3O2/c1-18-8-6-7-11-21(18)25(19(2)26)13-12-22(27)24-16-14-23(15-17-24)20-9-4-3-5-10-20/h3-11H,12-17H2,1-2H3. The SMILES string of the molecule is CC(=O)N(CCC(=O)N1CCN(c2ccccc2)CC1)c1ccccc1C. The molecule has 27 heavy (non-hydrogen) atoms. The summed E-state index contributed by atoms with van der Waals surface area (Å²) in [4.78, 5) is 30.7. The molecule has 1 fully saturated rings. The third-order valence-corrected chi connectivity index (χ3v) is 5.09. The Bertz CT molecular complexity index is 783. The number of hydrogen-bond acceptors (Lipinski definition) is 3. The number of benzene rings is 2. The molecule has 1 heterocycles. The van der Waals surface area contributed by atoms with Gasteiger partial charge in [0.15, 0.2) is 0 Å². The first-order valence-electron chi connectivity index (χ1n) is 9.48. The molecule has 142 valence electrons. The van der Waals surface area contributed by atoms with Gasteiger partial charge in [0.05, 0.1) is 0 Å². The lowest BCUT2D eigenvalue weighted by Gasteiger charge is -2.36. The number of carbonyl (C=O) groups excluding carboxylic acids is 2. The van der Waals surface area contributed by atoms with Crippen molar-refractivity contribution >= 4 is 23.2 Å². The maximum Gasteiger partial charge on any atom is 0.224 e. The third-order valence-electron chi connectivity index (χ3n) is 5.09. The Hall–Kier alpha value is -2.82. The van der Waals surface area contributed by atoms with E-state index in [1.165, 1.54) is 5.69 Å². The topological polar surface area (TPSA) is 43.9 Å². The molecule has 3 rings (SSSR count). The van der Waals surface area contributed by atoms with Crippen LogP contribution < -0.4 is 9.80 Å². The zero-order valence-corrected chi connectivity index (χ0v) is 16.1. The summed E-state index contributed by atoms with van der Waals surface area (Å²) in [6.45, 7) is 7.06. The number of piperazine rings is 1. The van der Waals surface area contributed by atoms with E-state index in [9.17, 15) is 9.59 Å². The summed E-state index contributed by atoms with van der Waals surface area (Å²) in [6.07, 6.45) is 0.346. The van der Waals surface area contributed by atoms with E-state index in [0.717, 1.165) is 37.4 Å². The predicted octanol–water partition coefficient (Wildman–Crippen LogP) is 3.09. The van der Waals surface area contributed by atoms with E-state index in [1.807, 2.05) is 54.3 Å². The van der Waals surface area contributed by atoms with Gasteiger partial charge >= 0.3 is 0 Å². The number of amides is 2. The molecule has 0 saturated carbocycles. The Morgan fingerprint density at radius 3 is 2.19 bits per heavy atom. The number of anilines is 2. The zero-order chi connectivity index (χ0) is 19.2. The number of carbonyl (C=O) groups is 2. The average molecular weight is 365 g/mol. The van der Waals surface area contributed by atoms with Gasteiger partial charge in [0, 0.05) is 57.4 Å². The summed E-state index contributed by atoms with van der Waals surface area (Å²) in [5, 5.41) is 0. The lowest BCUT2D eigenvalue weighted by atomic mass is 10.1. The molecule has 0 aromatic heterocycles. The van der Waals surface area contributed by atoms with E-state index in [1.54, 1.807) is 11.8 Å².